The van der Waals surface area contributed by atoms with Crippen LogP contribution in [0.3, 0.4) is 0 Å². The summed E-state index contributed by atoms with van der Waals surface area (Å²) in [6.07, 6.45) is 1.56. The van der Waals surface area contributed by atoms with Gasteiger partial charge in [0.2, 0.25) is 17.7 Å². The number of rotatable bonds is 11. The van der Waals surface area contributed by atoms with Crippen molar-refractivity contribution in [3.8, 4) is 23.0 Å². The number of para-hydroxylation sites is 2. The van der Waals surface area contributed by atoms with Gasteiger partial charge in [0.05, 0.1) is 25.2 Å². The highest BCUT2D eigenvalue weighted by Crippen LogP contribution is 2.35. The first-order valence-electron chi connectivity index (χ1n) is 16.5. The third-order valence-electron chi connectivity index (χ3n) is 8.43. The van der Waals surface area contributed by atoms with E-state index in [0.29, 0.717) is 45.5 Å². The van der Waals surface area contributed by atoms with Crippen molar-refractivity contribution >= 4 is 63.9 Å². The Morgan fingerprint density at radius 2 is 1.60 bits per heavy atom. The molecule has 264 valence electrons. The summed E-state index contributed by atoms with van der Waals surface area (Å²) in [6.45, 7) is 0. The third-order valence-corrected chi connectivity index (χ3v) is 9.63. The van der Waals surface area contributed by atoms with Crippen LogP contribution in [0.5, 0.6) is 11.5 Å². The summed E-state index contributed by atoms with van der Waals surface area (Å²) >= 11 is 1.27. The van der Waals surface area contributed by atoms with E-state index in [0.717, 1.165) is 16.0 Å². The number of methoxy groups -OCH3 is 2. The minimum absolute atomic E-state index is 0.0159. The third kappa shape index (κ3) is 7.67. The van der Waals surface area contributed by atoms with Crippen molar-refractivity contribution in [1.29, 1.82) is 0 Å². The van der Waals surface area contributed by atoms with Gasteiger partial charge in [-0.1, -0.05) is 30.3 Å². The summed E-state index contributed by atoms with van der Waals surface area (Å²) in [5.74, 6) is -0.176. The monoisotopic (exact) mass is 724 g/mol. The largest absolute Gasteiger partial charge is 0.497 e. The normalized spacial score (nSPS) is 14.3. The molecule has 4 amide bonds. The smallest absolute Gasteiger partial charge is 0.272 e. The van der Waals surface area contributed by atoms with Crippen LogP contribution in [0, 0.1) is 0 Å². The maximum atomic E-state index is 13.6. The quantitative estimate of drug-likeness (QED) is 0.104. The lowest BCUT2D eigenvalue weighted by molar-refractivity contribution is -0.121. The number of ether oxygens (including phenoxy) is 2. The van der Waals surface area contributed by atoms with Gasteiger partial charge < -0.3 is 24.5 Å². The van der Waals surface area contributed by atoms with Crippen molar-refractivity contribution in [1.82, 2.24) is 10.3 Å². The second-order valence-electron chi connectivity index (χ2n) is 11.9. The minimum Gasteiger partial charge on any atom is -0.497 e. The van der Waals surface area contributed by atoms with Crippen LogP contribution in [0.1, 0.15) is 22.3 Å². The van der Waals surface area contributed by atoms with E-state index in [1.165, 1.54) is 37.0 Å². The molecule has 1 aliphatic rings. The van der Waals surface area contributed by atoms with Gasteiger partial charge in [-0.15, -0.1) is 11.8 Å². The molecule has 0 saturated carbocycles. The van der Waals surface area contributed by atoms with E-state index in [9.17, 15) is 19.2 Å². The molecule has 5 aromatic carbocycles. The first-order chi connectivity index (χ1) is 25.8. The van der Waals surface area contributed by atoms with Crippen molar-refractivity contribution in [3.63, 3.8) is 0 Å². The van der Waals surface area contributed by atoms with E-state index in [4.69, 9.17) is 13.9 Å². The van der Waals surface area contributed by atoms with Gasteiger partial charge in [0.25, 0.3) is 11.8 Å². The number of thioether (sulfide) groups is 1. The molecule has 0 spiro atoms. The molecule has 1 fully saturated rings. The number of oxazole rings is 1. The molecule has 7 rings (SSSR count). The Morgan fingerprint density at radius 3 is 2.32 bits per heavy atom. The molecule has 6 aromatic rings. The Labute approximate surface area is 308 Å². The van der Waals surface area contributed by atoms with E-state index in [2.05, 4.69) is 15.6 Å². The average molecular weight is 725 g/mol. The predicted molar refractivity (Wildman–Crippen MR) is 203 cm³/mol. The highest BCUT2D eigenvalue weighted by atomic mass is 32.2. The van der Waals surface area contributed by atoms with E-state index in [-0.39, 0.29) is 23.9 Å². The molecule has 2 N–H and O–H groups in total. The summed E-state index contributed by atoms with van der Waals surface area (Å²) in [6, 6.07) is 35.0. The maximum absolute atomic E-state index is 13.6. The molecule has 1 unspecified atom stereocenters. The number of carbonyl (C=O) groups excluding carboxylic acids is 4. The van der Waals surface area contributed by atoms with Crippen LogP contribution >= 0.6 is 11.8 Å². The minimum atomic E-state index is -0.623. The van der Waals surface area contributed by atoms with Crippen LogP contribution in [0.25, 0.3) is 28.6 Å². The SMILES string of the molecule is COc1ccc(/C=C(\NC(=O)c2ccccc2)C(=O)Nc2ccc(SC3CC(=O)N(c4ccc(-c5nc6ccccc6o5)cc4)C3=O)cc2)c(OC)c1. The standard InChI is InChI=1S/C41H32N4O7S/c1-50-30-19-14-27(35(23-30)51-2)22-33(43-38(47)25-8-4-3-5-9-25)39(48)42-28-15-20-31(21-16-28)53-36-24-37(46)45(41(36)49)29-17-12-26(13-18-29)40-44-32-10-6-7-11-34(32)52-40/h3-23,36H,24H2,1-2H3,(H,42,48)(H,43,47)/b33-22-. The van der Waals surface area contributed by atoms with Crippen molar-refractivity contribution in [3.05, 3.63) is 138 Å². The second-order valence-corrected chi connectivity index (χ2v) is 13.2. The summed E-state index contributed by atoms with van der Waals surface area (Å²) in [5, 5.41) is 4.93. The Bertz CT molecular complexity index is 2320. The molecule has 1 aromatic heterocycles. The van der Waals surface area contributed by atoms with Crippen molar-refractivity contribution in [2.75, 3.05) is 24.4 Å². The molecular weight excluding hydrogens is 693 g/mol. The molecule has 11 nitrogen and oxygen atoms in total. The summed E-state index contributed by atoms with van der Waals surface area (Å²) in [4.78, 5) is 59.6. The Kier molecular flexibility index (Phi) is 10.0. The number of imide groups is 1. The van der Waals surface area contributed by atoms with E-state index in [1.54, 1.807) is 97.1 Å². The van der Waals surface area contributed by atoms with Crippen molar-refractivity contribution in [2.24, 2.45) is 0 Å². The maximum Gasteiger partial charge on any atom is 0.272 e. The van der Waals surface area contributed by atoms with Crippen molar-refractivity contribution < 1.29 is 33.1 Å². The average Bonchev–Trinajstić information content (AvgIpc) is 3.75. The van der Waals surface area contributed by atoms with Crippen LogP contribution in [-0.4, -0.2) is 48.1 Å². The number of amides is 4. The zero-order valence-electron chi connectivity index (χ0n) is 28.6. The Balaban J connectivity index is 1.03. The van der Waals surface area contributed by atoms with E-state index in [1.807, 2.05) is 24.3 Å². The fourth-order valence-corrected chi connectivity index (χ4v) is 6.79. The van der Waals surface area contributed by atoms with Crippen LogP contribution in [0.15, 0.2) is 136 Å². The summed E-state index contributed by atoms with van der Waals surface area (Å²) < 4.78 is 16.6. The Morgan fingerprint density at radius 1 is 0.868 bits per heavy atom. The summed E-state index contributed by atoms with van der Waals surface area (Å²) in [5.41, 5.74) is 3.97. The summed E-state index contributed by atoms with van der Waals surface area (Å²) in [7, 11) is 3.04. The van der Waals surface area contributed by atoms with Gasteiger partial charge in [-0.25, -0.2) is 9.88 Å². The van der Waals surface area contributed by atoms with Gasteiger partial charge in [0, 0.05) is 39.8 Å². The second kappa shape index (κ2) is 15.3. The number of fused-ring (bicyclic) bond motifs is 1. The molecule has 0 bridgehead atoms. The number of benzene rings is 5. The van der Waals surface area contributed by atoms with Gasteiger partial charge in [0.1, 0.15) is 22.7 Å². The fourth-order valence-electron chi connectivity index (χ4n) is 5.73. The highest BCUT2D eigenvalue weighted by Gasteiger charge is 2.40. The number of hydrogen-bond acceptors (Lipinski definition) is 9. The van der Waals surface area contributed by atoms with Gasteiger partial charge in [-0.2, -0.15) is 0 Å². The molecule has 0 aliphatic carbocycles. The number of nitrogens with one attached hydrogen (secondary N) is 2. The Hall–Kier alpha value is -6.66. The fraction of sp³-hybridized carbons (Fsp3) is 0.0976. The number of aromatic nitrogens is 1. The number of nitrogens with zero attached hydrogens (tertiary/aromatic N) is 2. The lowest BCUT2D eigenvalue weighted by atomic mass is 10.1. The first kappa shape index (κ1) is 34.8. The molecule has 1 aliphatic heterocycles. The molecule has 2 heterocycles. The predicted octanol–water partition coefficient (Wildman–Crippen LogP) is 7.35. The number of anilines is 2. The first-order valence-corrected chi connectivity index (χ1v) is 17.4. The number of hydrogen-bond donors (Lipinski definition) is 2. The zero-order valence-corrected chi connectivity index (χ0v) is 29.4. The van der Waals surface area contributed by atoms with Gasteiger partial charge >= 0.3 is 0 Å². The topological polar surface area (TPSA) is 140 Å². The van der Waals surface area contributed by atoms with Crippen LogP contribution in [0.2, 0.25) is 0 Å². The van der Waals surface area contributed by atoms with Crippen molar-refractivity contribution in [2.45, 2.75) is 16.6 Å². The van der Waals surface area contributed by atoms with Crippen LogP contribution in [0.4, 0.5) is 11.4 Å². The number of carbonyl (C=O) groups is 4. The van der Waals surface area contributed by atoms with Gasteiger partial charge in [-0.05, 0) is 91.0 Å². The molecular formula is C41H32N4O7S. The lowest BCUT2D eigenvalue weighted by Crippen LogP contribution is -2.31. The molecule has 53 heavy (non-hydrogen) atoms. The lowest BCUT2D eigenvalue weighted by Gasteiger charge is -2.15. The van der Waals surface area contributed by atoms with Crippen LogP contribution < -0.4 is 25.0 Å². The van der Waals surface area contributed by atoms with E-state index < -0.39 is 17.1 Å². The van der Waals surface area contributed by atoms with E-state index >= 15 is 0 Å². The molecule has 1 atom stereocenters. The van der Waals surface area contributed by atoms with Gasteiger partial charge in [0.15, 0.2) is 5.58 Å². The molecule has 12 heteroatoms. The van der Waals surface area contributed by atoms with Crippen LogP contribution in [-0.2, 0) is 14.4 Å². The van der Waals surface area contributed by atoms with Gasteiger partial charge in [-0.3, -0.25) is 19.2 Å². The molecule has 1 saturated heterocycles. The molecule has 0 radical (unpaired) electrons. The highest BCUT2D eigenvalue weighted by molar-refractivity contribution is 8.00. The zero-order chi connectivity index (χ0) is 36.9.